The van der Waals surface area contributed by atoms with E-state index < -0.39 is 5.97 Å². The monoisotopic (exact) mass is 273 g/mol. The molecule has 94 valence electrons. The van der Waals surface area contributed by atoms with Crippen LogP contribution in [0.25, 0.3) is 0 Å². The smallest absolute Gasteiger partial charge is 0.313 e. The van der Waals surface area contributed by atoms with Crippen LogP contribution in [-0.4, -0.2) is 40.1 Å². The van der Waals surface area contributed by atoms with Crippen molar-refractivity contribution in [3.05, 3.63) is 0 Å². The highest BCUT2D eigenvalue weighted by Crippen LogP contribution is 2.31. The van der Waals surface area contributed by atoms with Gasteiger partial charge in [0.15, 0.2) is 4.34 Å². The Balaban J connectivity index is 1.94. The fourth-order valence-corrected chi connectivity index (χ4v) is 3.57. The van der Waals surface area contributed by atoms with Gasteiger partial charge in [0.05, 0.1) is 5.75 Å². The summed E-state index contributed by atoms with van der Waals surface area (Å²) < 4.78 is 0.729. The minimum atomic E-state index is -0.823. The lowest BCUT2D eigenvalue weighted by atomic mass is 10.2. The van der Waals surface area contributed by atoms with E-state index in [0.717, 1.165) is 9.47 Å². The van der Waals surface area contributed by atoms with E-state index in [4.69, 9.17) is 5.11 Å². The number of thioether (sulfide) groups is 1. The van der Waals surface area contributed by atoms with E-state index in [-0.39, 0.29) is 5.75 Å². The quantitative estimate of drug-likeness (QED) is 0.829. The van der Waals surface area contributed by atoms with Gasteiger partial charge in [0, 0.05) is 13.1 Å². The second kappa shape index (κ2) is 5.68. The third-order valence-electron chi connectivity index (χ3n) is 2.89. The average Bonchev–Trinajstić information content (AvgIpc) is 2.97. The molecule has 7 heteroatoms. The Hall–Kier alpha value is -0.820. The van der Waals surface area contributed by atoms with Crippen molar-refractivity contribution in [2.24, 2.45) is 0 Å². The van der Waals surface area contributed by atoms with Crippen molar-refractivity contribution in [2.75, 3.05) is 17.7 Å². The number of hydrogen-bond acceptors (Lipinski definition) is 6. The SMILES string of the molecule is CN(c1nnc(SCC(=O)O)s1)C1CCCC1. The van der Waals surface area contributed by atoms with Crippen LogP contribution in [0.5, 0.6) is 0 Å². The molecule has 0 radical (unpaired) electrons. The molecule has 1 N–H and O–H groups in total. The molecule has 1 aromatic rings. The number of carbonyl (C=O) groups is 1. The normalized spacial score (nSPS) is 16.3. The van der Waals surface area contributed by atoms with Gasteiger partial charge < -0.3 is 10.0 Å². The highest BCUT2D eigenvalue weighted by atomic mass is 32.2. The van der Waals surface area contributed by atoms with Gasteiger partial charge in [-0.15, -0.1) is 10.2 Å². The predicted molar refractivity (Wildman–Crippen MR) is 68.9 cm³/mol. The van der Waals surface area contributed by atoms with Crippen LogP contribution in [0.4, 0.5) is 5.13 Å². The number of rotatable bonds is 5. The Morgan fingerprint density at radius 2 is 2.24 bits per heavy atom. The molecule has 17 heavy (non-hydrogen) atoms. The third-order valence-corrected chi connectivity index (χ3v) is 5.02. The van der Waals surface area contributed by atoms with Crippen LogP contribution in [0.2, 0.25) is 0 Å². The molecule has 2 rings (SSSR count). The van der Waals surface area contributed by atoms with Gasteiger partial charge >= 0.3 is 5.97 Å². The Labute approximate surface area is 108 Å². The number of carboxylic acid groups (broad SMARTS) is 1. The molecular weight excluding hydrogens is 258 g/mol. The number of aromatic nitrogens is 2. The van der Waals surface area contributed by atoms with Gasteiger partial charge in [-0.25, -0.2) is 0 Å². The largest absolute Gasteiger partial charge is 0.481 e. The molecule has 0 spiro atoms. The first-order valence-corrected chi connectivity index (χ1v) is 7.38. The van der Waals surface area contributed by atoms with Crippen LogP contribution in [0.1, 0.15) is 25.7 Å². The zero-order chi connectivity index (χ0) is 12.3. The summed E-state index contributed by atoms with van der Waals surface area (Å²) in [6.45, 7) is 0. The summed E-state index contributed by atoms with van der Waals surface area (Å²) in [6, 6.07) is 0.570. The maximum absolute atomic E-state index is 10.4. The fraction of sp³-hybridized carbons (Fsp3) is 0.700. The van der Waals surface area contributed by atoms with Gasteiger partial charge in [0.1, 0.15) is 0 Å². The molecule has 0 atom stereocenters. The molecule has 0 unspecified atom stereocenters. The minimum Gasteiger partial charge on any atom is -0.481 e. The highest BCUT2D eigenvalue weighted by Gasteiger charge is 2.22. The molecule has 1 aliphatic carbocycles. The van der Waals surface area contributed by atoms with E-state index in [2.05, 4.69) is 15.1 Å². The van der Waals surface area contributed by atoms with Crippen LogP contribution < -0.4 is 4.90 Å². The summed E-state index contributed by atoms with van der Waals surface area (Å²) in [5.74, 6) is -0.780. The van der Waals surface area contributed by atoms with Gasteiger partial charge in [-0.05, 0) is 12.8 Å². The number of hydrogen-bond donors (Lipinski definition) is 1. The predicted octanol–water partition coefficient (Wildman–Crippen LogP) is 2.09. The van der Waals surface area contributed by atoms with E-state index in [1.807, 2.05) is 7.05 Å². The Morgan fingerprint density at radius 3 is 2.88 bits per heavy atom. The molecule has 0 amide bonds. The summed E-state index contributed by atoms with van der Waals surface area (Å²) in [5.41, 5.74) is 0. The molecular formula is C10H15N3O2S2. The highest BCUT2D eigenvalue weighted by molar-refractivity contribution is 8.01. The second-order valence-corrected chi connectivity index (χ2v) is 6.26. The lowest BCUT2D eigenvalue weighted by Crippen LogP contribution is -2.28. The van der Waals surface area contributed by atoms with Gasteiger partial charge in [-0.3, -0.25) is 4.79 Å². The van der Waals surface area contributed by atoms with Gasteiger partial charge in [0.25, 0.3) is 0 Å². The molecule has 1 heterocycles. The summed E-state index contributed by atoms with van der Waals surface area (Å²) in [7, 11) is 2.04. The van der Waals surface area contributed by atoms with Crippen molar-refractivity contribution in [1.29, 1.82) is 0 Å². The number of anilines is 1. The summed E-state index contributed by atoms with van der Waals surface area (Å²) in [6.07, 6.45) is 5.00. The van der Waals surface area contributed by atoms with Crippen molar-refractivity contribution in [3.8, 4) is 0 Å². The lowest BCUT2D eigenvalue weighted by Gasteiger charge is -2.22. The first-order chi connectivity index (χ1) is 8.16. The first-order valence-electron chi connectivity index (χ1n) is 5.58. The molecule has 1 fully saturated rings. The second-order valence-electron chi connectivity index (χ2n) is 4.08. The molecule has 1 saturated carbocycles. The van der Waals surface area contributed by atoms with Crippen molar-refractivity contribution in [1.82, 2.24) is 10.2 Å². The zero-order valence-corrected chi connectivity index (χ0v) is 11.3. The summed E-state index contributed by atoms with van der Waals surface area (Å²) in [4.78, 5) is 12.6. The van der Waals surface area contributed by atoms with E-state index in [9.17, 15) is 4.79 Å². The van der Waals surface area contributed by atoms with E-state index in [0.29, 0.717) is 6.04 Å². The molecule has 0 aliphatic heterocycles. The van der Waals surface area contributed by atoms with E-state index >= 15 is 0 Å². The average molecular weight is 273 g/mol. The molecule has 1 aromatic heterocycles. The summed E-state index contributed by atoms with van der Waals surface area (Å²) in [5, 5.41) is 17.6. The molecule has 0 bridgehead atoms. The topological polar surface area (TPSA) is 66.3 Å². The Bertz CT molecular complexity index is 391. The number of aliphatic carboxylic acids is 1. The standard InChI is InChI=1S/C10H15N3O2S2/c1-13(7-4-2-3-5-7)9-11-12-10(17-9)16-6-8(14)15/h7H,2-6H2,1H3,(H,14,15). The third kappa shape index (κ3) is 3.32. The van der Waals surface area contributed by atoms with Crippen LogP contribution in [0.3, 0.4) is 0 Å². The Morgan fingerprint density at radius 1 is 1.53 bits per heavy atom. The fourth-order valence-electron chi connectivity index (χ4n) is 1.97. The van der Waals surface area contributed by atoms with Crippen LogP contribution in [0.15, 0.2) is 4.34 Å². The zero-order valence-electron chi connectivity index (χ0n) is 9.63. The molecule has 1 aliphatic rings. The van der Waals surface area contributed by atoms with Gasteiger partial charge in [-0.2, -0.15) is 0 Å². The Kier molecular flexibility index (Phi) is 4.22. The van der Waals surface area contributed by atoms with E-state index in [1.54, 1.807) is 0 Å². The molecule has 5 nitrogen and oxygen atoms in total. The van der Waals surface area contributed by atoms with Crippen LogP contribution >= 0.6 is 23.1 Å². The van der Waals surface area contributed by atoms with Crippen molar-refractivity contribution >= 4 is 34.2 Å². The lowest BCUT2D eigenvalue weighted by molar-refractivity contribution is -0.133. The van der Waals surface area contributed by atoms with Gasteiger partial charge in [-0.1, -0.05) is 35.9 Å². The number of nitrogens with zero attached hydrogens (tertiary/aromatic N) is 3. The van der Waals surface area contributed by atoms with Crippen molar-refractivity contribution < 1.29 is 9.90 Å². The first kappa shape index (κ1) is 12.6. The summed E-state index contributed by atoms with van der Waals surface area (Å²) >= 11 is 2.70. The molecule has 0 saturated heterocycles. The minimum absolute atomic E-state index is 0.0434. The molecule has 0 aromatic carbocycles. The van der Waals surface area contributed by atoms with Crippen LogP contribution in [-0.2, 0) is 4.79 Å². The van der Waals surface area contributed by atoms with Crippen molar-refractivity contribution in [2.45, 2.75) is 36.1 Å². The van der Waals surface area contributed by atoms with Gasteiger partial charge in [0.2, 0.25) is 5.13 Å². The number of carboxylic acids is 1. The maximum atomic E-state index is 10.4. The van der Waals surface area contributed by atoms with Crippen LogP contribution in [0, 0.1) is 0 Å². The van der Waals surface area contributed by atoms with Crippen molar-refractivity contribution in [3.63, 3.8) is 0 Å². The maximum Gasteiger partial charge on any atom is 0.313 e. The van der Waals surface area contributed by atoms with E-state index in [1.165, 1.54) is 48.8 Å².